The van der Waals surface area contributed by atoms with E-state index in [1.165, 1.54) is 0 Å². The van der Waals surface area contributed by atoms with Crippen molar-refractivity contribution in [2.45, 2.75) is 37.1 Å². The van der Waals surface area contributed by atoms with E-state index in [0.717, 1.165) is 42.7 Å². The van der Waals surface area contributed by atoms with Gasteiger partial charge in [-0.1, -0.05) is 25.0 Å². The van der Waals surface area contributed by atoms with Crippen molar-refractivity contribution < 1.29 is 8.95 Å². The molecule has 0 fully saturated rings. The minimum absolute atomic E-state index is 0.0271. The highest BCUT2D eigenvalue weighted by Crippen LogP contribution is 2.18. The van der Waals surface area contributed by atoms with E-state index in [-0.39, 0.29) is 5.43 Å². The summed E-state index contributed by atoms with van der Waals surface area (Å²) in [5.41, 5.74) is 1.44. The summed E-state index contributed by atoms with van der Waals surface area (Å²) in [6, 6.07) is 9.00. The van der Waals surface area contributed by atoms with Crippen molar-refractivity contribution in [1.29, 1.82) is 0 Å². The Balaban J connectivity index is 1.96. The Kier molecular flexibility index (Phi) is 9.09. The zero-order chi connectivity index (χ0) is 18.8. The van der Waals surface area contributed by atoms with Gasteiger partial charge in [0.15, 0.2) is 5.43 Å². The van der Waals surface area contributed by atoms with Crippen molar-refractivity contribution in [3.8, 4) is 11.1 Å². The van der Waals surface area contributed by atoms with Crippen LogP contribution < -0.4 is 5.43 Å². The lowest BCUT2D eigenvalue weighted by molar-refractivity contribution is 0.192. The second kappa shape index (κ2) is 11.3. The van der Waals surface area contributed by atoms with Crippen LogP contribution in [0.3, 0.4) is 0 Å². The van der Waals surface area contributed by atoms with E-state index >= 15 is 0 Å². The zero-order valence-electron chi connectivity index (χ0n) is 15.2. The van der Waals surface area contributed by atoms with Gasteiger partial charge in [-0.25, -0.2) is 0 Å². The Bertz CT molecular complexity index is 758. The number of hydrogen-bond donors (Lipinski definition) is 0. The number of unbranched alkanes of at least 4 members (excludes halogenated alkanes) is 3. The molecule has 4 nitrogen and oxygen atoms in total. The lowest BCUT2D eigenvalue weighted by Gasteiger charge is -2.08. The van der Waals surface area contributed by atoms with E-state index in [1.807, 2.05) is 35.0 Å². The second-order valence-electron chi connectivity index (χ2n) is 6.13. The molecule has 0 amide bonds. The van der Waals surface area contributed by atoms with Crippen molar-refractivity contribution in [2.24, 2.45) is 0 Å². The third kappa shape index (κ3) is 6.38. The molecule has 0 aliphatic carbocycles. The molecule has 0 saturated heterocycles. The molecule has 1 atom stereocenters. The van der Waals surface area contributed by atoms with Crippen molar-refractivity contribution in [2.75, 3.05) is 25.3 Å². The van der Waals surface area contributed by atoms with Crippen LogP contribution in [0.4, 0.5) is 0 Å². The number of benzene rings is 1. The zero-order valence-corrected chi connectivity index (χ0v) is 16.7. The molecule has 1 aromatic heterocycles. The molecule has 0 aliphatic heterocycles. The lowest BCUT2D eigenvalue weighted by atomic mass is 10.1. The molecule has 142 valence electrons. The number of aromatic nitrogens is 1. The van der Waals surface area contributed by atoms with Gasteiger partial charge in [0.2, 0.25) is 0 Å². The van der Waals surface area contributed by atoms with Crippen LogP contribution in [0.5, 0.6) is 0 Å². The van der Waals surface area contributed by atoms with Gasteiger partial charge in [-0.05, 0) is 30.5 Å². The molecule has 2 aromatic rings. The van der Waals surface area contributed by atoms with E-state index < -0.39 is 10.8 Å². The number of aryl methyl sites for hydroxylation is 1. The summed E-state index contributed by atoms with van der Waals surface area (Å²) in [5.74, 6) is 1.16. The van der Waals surface area contributed by atoms with Crippen LogP contribution in [-0.2, 0) is 22.1 Å². The van der Waals surface area contributed by atoms with Gasteiger partial charge in [0, 0.05) is 60.8 Å². The van der Waals surface area contributed by atoms with Gasteiger partial charge in [0.25, 0.3) is 0 Å². The Labute approximate surface area is 162 Å². The predicted octanol–water partition coefficient (Wildman–Crippen LogP) is 4.07. The molecule has 0 bridgehead atoms. The first-order chi connectivity index (χ1) is 12.7. The highest BCUT2D eigenvalue weighted by atomic mass is 35.5. The van der Waals surface area contributed by atoms with Gasteiger partial charge in [-0.15, -0.1) is 11.6 Å². The van der Waals surface area contributed by atoms with Crippen LogP contribution >= 0.6 is 11.6 Å². The average Bonchev–Trinajstić information content (AvgIpc) is 2.66. The van der Waals surface area contributed by atoms with E-state index in [9.17, 15) is 9.00 Å². The van der Waals surface area contributed by atoms with Crippen LogP contribution in [0.25, 0.3) is 11.1 Å². The second-order valence-corrected chi connectivity index (χ2v) is 8.08. The molecular formula is C20H26ClNO3S. The normalized spacial score (nSPS) is 12.2. The quantitative estimate of drug-likeness (QED) is 0.425. The molecule has 1 unspecified atom stereocenters. The first kappa shape index (κ1) is 20.9. The standard InChI is InChI=1S/C20H26ClNO3S/c1-25-14-4-2-3-5-15-26(24)18-8-6-17(7-9-18)19-16-22(13-11-21)12-10-20(19)23/h6-10,12,16H,2-5,11,13-15H2,1H3. The molecule has 1 heterocycles. The Morgan fingerprint density at radius 1 is 1.08 bits per heavy atom. The van der Waals surface area contributed by atoms with Crippen LogP contribution in [0.1, 0.15) is 25.7 Å². The molecule has 0 saturated carbocycles. The van der Waals surface area contributed by atoms with E-state index in [1.54, 1.807) is 19.4 Å². The third-order valence-corrected chi connectivity index (χ3v) is 5.80. The molecule has 0 radical (unpaired) electrons. The van der Waals surface area contributed by atoms with E-state index in [4.69, 9.17) is 16.3 Å². The molecular weight excluding hydrogens is 370 g/mol. The summed E-state index contributed by atoms with van der Waals surface area (Å²) < 4.78 is 19.3. The van der Waals surface area contributed by atoms with E-state index in [2.05, 4.69) is 0 Å². The van der Waals surface area contributed by atoms with Crippen molar-refractivity contribution in [1.82, 2.24) is 4.57 Å². The minimum atomic E-state index is -1.00. The fourth-order valence-corrected chi connectivity index (χ4v) is 4.05. The molecule has 1 aromatic carbocycles. The number of rotatable bonds is 11. The topological polar surface area (TPSA) is 48.3 Å². The Morgan fingerprint density at radius 3 is 2.50 bits per heavy atom. The number of alkyl halides is 1. The Morgan fingerprint density at radius 2 is 1.81 bits per heavy atom. The molecule has 0 aliphatic rings. The molecule has 6 heteroatoms. The number of hydrogen-bond acceptors (Lipinski definition) is 3. The summed E-state index contributed by atoms with van der Waals surface area (Å²) in [6.07, 6.45) is 7.72. The highest BCUT2D eigenvalue weighted by Gasteiger charge is 2.07. The summed E-state index contributed by atoms with van der Waals surface area (Å²) in [5, 5.41) is 0. The molecule has 2 rings (SSSR count). The first-order valence-corrected chi connectivity index (χ1v) is 10.7. The smallest absolute Gasteiger partial charge is 0.189 e. The minimum Gasteiger partial charge on any atom is -0.385 e. The summed E-state index contributed by atoms with van der Waals surface area (Å²) >= 11 is 5.77. The predicted molar refractivity (Wildman–Crippen MR) is 108 cm³/mol. The van der Waals surface area contributed by atoms with Crippen LogP contribution in [-0.4, -0.2) is 34.1 Å². The number of nitrogens with zero attached hydrogens (tertiary/aromatic N) is 1. The number of halogens is 1. The number of methoxy groups -OCH3 is 1. The molecule has 26 heavy (non-hydrogen) atoms. The van der Waals surface area contributed by atoms with Crippen molar-refractivity contribution in [3.05, 3.63) is 52.9 Å². The fourth-order valence-electron chi connectivity index (χ4n) is 2.72. The van der Waals surface area contributed by atoms with Crippen LogP contribution in [0.2, 0.25) is 0 Å². The van der Waals surface area contributed by atoms with Crippen LogP contribution in [0, 0.1) is 0 Å². The summed E-state index contributed by atoms with van der Waals surface area (Å²) in [6.45, 7) is 1.44. The van der Waals surface area contributed by atoms with Gasteiger partial charge in [0.05, 0.1) is 10.8 Å². The van der Waals surface area contributed by atoms with Crippen molar-refractivity contribution >= 4 is 22.4 Å². The largest absolute Gasteiger partial charge is 0.385 e. The van der Waals surface area contributed by atoms with Gasteiger partial charge < -0.3 is 9.30 Å². The average molecular weight is 396 g/mol. The SMILES string of the molecule is COCCCCCCS(=O)c1ccc(-c2cn(CCCl)ccc2=O)cc1. The summed E-state index contributed by atoms with van der Waals surface area (Å²) in [7, 11) is 0.710. The van der Waals surface area contributed by atoms with Gasteiger partial charge in [-0.3, -0.25) is 9.00 Å². The Hall–Kier alpha value is -1.43. The maximum Gasteiger partial charge on any atom is 0.189 e. The third-order valence-electron chi connectivity index (χ3n) is 4.18. The molecule has 0 spiro atoms. The first-order valence-electron chi connectivity index (χ1n) is 8.89. The fraction of sp³-hybridized carbons (Fsp3) is 0.450. The van der Waals surface area contributed by atoms with Gasteiger partial charge in [-0.2, -0.15) is 0 Å². The van der Waals surface area contributed by atoms with Gasteiger partial charge >= 0.3 is 0 Å². The highest BCUT2D eigenvalue weighted by molar-refractivity contribution is 7.85. The summed E-state index contributed by atoms with van der Waals surface area (Å²) in [4.78, 5) is 12.9. The van der Waals surface area contributed by atoms with Crippen molar-refractivity contribution in [3.63, 3.8) is 0 Å². The van der Waals surface area contributed by atoms with Gasteiger partial charge in [0.1, 0.15) is 0 Å². The van der Waals surface area contributed by atoms with Crippen LogP contribution in [0.15, 0.2) is 52.4 Å². The molecule has 0 N–H and O–H groups in total. The number of pyridine rings is 1. The van der Waals surface area contributed by atoms with E-state index in [0.29, 0.717) is 23.7 Å². The monoisotopic (exact) mass is 395 g/mol. The number of ether oxygens (including phenoxy) is 1. The maximum absolute atomic E-state index is 12.4. The lowest BCUT2D eigenvalue weighted by Crippen LogP contribution is -2.09. The maximum atomic E-state index is 12.4.